The van der Waals surface area contributed by atoms with Crippen LogP contribution in [0.4, 0.5) is 14.5 Å². The predicted molar refractivity (Wildman–Crippen MR) is 50.7 cm³/mol. The molecule has 1 aromatic rings. The maximum Gasteiger partial charge on any atom is 0.276 e. The summed E-state index contributed by atoms with van der Waals surface area (Å²) in [5.41, 5.74) is 6.27. The summed E-state index contributed by atoms with van der Waals surface area (Å²) in [7, 11) is 1.28. The minimum atomic E-state index is -2.57. The molecule has 0 radical (unpaired) electrons. The Hall–Kier alpha value is -1.66. The van der Waals surface area contributed by atoms with Crippen LogP contribution in [0.15, 0.2) is 0 Å². The molecule has 1 amide bonds. The molecule has 15 heavy (non-hydrogen) atoms. The smallest absolute Gasteiger partial charge is 0.276 e. The standard InChI is InChI=1S/C8H12F2N4O/c1-4-6(11)7(13-12-4)8(15)14(2)3-5(9)10/h5H,3,11H2,1-2H3,(H,12,13). The first kappa shape index (κ1) is 11.4. The number of anilines is 1. The number of hydrogen-bond donors (Lipinski definition) is 2. The van der Waals surface area contributed by atoms with Crippen molar-refractivity contribution in [2.75, 3.05) is 19.3 Å². The molecule has 0 aromatic carbocycles. The fourth-order valence-corrected chi connectivity index (χ4v) is 1.07. The van der Waals surface area contributed by atoms with Gasteiger partial charge in [-0.3, -0.25) is 9.89 Å². The van der Waals surface area contributed by atoms with Crippen LogP contribution < -0.4 is 5.73 Å². The van der Waals surface area contributed by atoms with Crippen molar-refractivity contribution in [3.63, 3.8) is 0 Å². The fourth-order valence-electron chi connectivity index (χ4n) is 1.07. The van der Waals surface area contributed by atoms with Crippen LogP contribution >= 0.6 is 0 Å². The van der Waals surface area contributed by atoms with Crippen LogP contribution in [0.25, 0.3) is 0 Å². The van der Waals surface area contributed by atoms with Gasteiger partial charge in [-0.05, 0) is 6.92 Å². The largest absolute Gasteiger partial charge is 0.395 e. The number of aryl methyl sites for hydroxylation is 1. The molecule has 0 aliphatic rings. The van der Waals surface area contributed by atoms with Gasteiger partial charge in [-0.15, -0.1) is 0 Å². The molecule has 0 atom stereocenters. The monoisotopic (exact) mass is 218 g/mol. The highest BCUT2D eigenvalue weighted by molar-refractivity contribution is 5.97. The van der Waals surface area contributed by atoms with Gasteiger partial charge in [0.25, 0.3) is 12.3 Å². The summed E-state index contributed by atoms with van der Waals surface area (Å²) in [4.78, 5) is 12.4. The van der Waals surface area contributed by atoms with E-state index in [1.54, 1.807) is 6.92 Å². The van der Waals surface area contributed by atoms with Crippen molar-refractivity contribution in [2.24, 2.45) is 0 Å². The van der Waals surface area contributed by atoms with Crippen LogP contribution in [0, 0.1) is 6.92 Å². The molecule has 0 unspecified atom stereocenters. The summed E-state index contributed by atoms with van der Waals surface area (Å²) in [6.07, 6.45) is -2.57. The molecule has 1 heterocycles. The highest BCUT2D eigenvalue weighted by Gasteiger charge is 2.21. The number of aromatic nitrogens is 2. The molecule has 0 saturated heterocycles. The van der Waals surface area contributed by atoms with E-state index in [0.717, 1.165) is 4.90 Å². The lowest BCUT2D eigenvalue weighted by Gasteiger charge is -2.15. The second kappa shape index (κ2) is 4.24. The number of amides is 1. The maximum absolute atomic E-state index is 12.0. The summed E-state index contributed by atoms with van der Waals surface area (Å²) in [5.74, 6) is -0.614. The van der Waals surface area contributed by atoms with Crippen LogP contribution in [0.2, 0.25) is 0 Å². The van der Waals surface area contributed by atoms with Crippen molar-refractivity contribution in [3.8, 4) is 0 Å². The second-order valence-electron chi connectivity index (χ2n) is 3.19. The summed E-state index contributed by atoms with van der Waals surface area (Å²) >= 11 is 0. The first-order valence-electron chi connectivity index (χ1n) is 4.27. The molecular formula is C8H12F2N4O. The van der Waals surface area contributed by atoms with E-state index in [9.17, 15) is 13.6 Å². The quantitative estimate of drug-likeness (QED) is 0.781. The number of nitrogen functional groups attached to an aromatic ring is 1. The number of aromatic amines is 1. The topological polar surface area (TPSA) is 75.0 Å². The van der Waals surface area contributed by atoms with Crippen LogP contribution in [-0.2, 0) is 0 Å². The Balaban J connectivity index is 2.81. The Bertz CT molecular complexity index is 364. The summed E-state index contributed by atoms with van der Waals surface area (Å²) < 4.78 is 24.0. The molecular weight excluding hydrogens is 206 g/mol. The number of rotatable bonds is 3. The molecule has 84 valence electrons. The zero-order chi connectivity index (χ0) is 11.6. The number of carbonyl (C=O) groups excluding carboxylic acids is 1. The van der Waals surface area contributed by atoms with Crippen molar-refractivity contribution in [3.05, 3.63) is 11.4 Å². The third kappa shape index (κ3) is 2.42. The molecule has 3 N–H and O–H groups in total. The number of nitrogens with two attached hydrogens (primary N) is 1. The maximum atomic E-state index is 12.0. The van der Waals surface area contributed by atoms with E-state index >= 15 is 0 Å². The second-order valence-corrected chi connectivity index (χ2v) is 3.19. The number of carbonyl (C=O) groups is 1. The normalized spacial score (nSPS) is 10.7. The summed E-state index contributed by atoms with van der Waals surface area (Å²) in [5, 5.41) is 6.17. The average molecular weight is 218 g/mol. The van der Waals surface area contributed by atoms with Crippen LogP contribution in [0.5, 0.6) is 0 Å². The summed E-state index contributed by atoms with van der Waals surface area (Å²) in [6, 6.07) is 0. The van der Waals surface area contributed by atoms with E-state index in [1.807, 2.05) is 0 Å². The van der Waals surface area contributed by atoms with Gasteiger partial charge in [-0.25, -0.2) is 8.78 Å². The van der Waals surface area contributed by atoms with Crippen molar-refractivity contribution < 1.29 is 13.6 Å². The number of hydrogen-bond acceptors (Lipinski definition) is 3. The van der Waals surface area contributed by atoms with Crippen LogP contribution in [-0.4, -0.2) is 41.0 Å². The minimum Gasteiger partial charge on any atom is -0.395 e. The first-order chi connectivity index (χ1) is 6.93. The SMILES string of the molecule is Cc1[nH]nc(C(=O)N(C)CC(F)F)c1N. The molecule has 0 aliphatic carbocycles. The zero-order valence-corrected chi connectivity index (χ0v) is 8.42. The highest BCUT2D eigenvalue weighted by Crippen LogP contribution is 2.14. The molecule has 7 heteroatoms. The first-order valence-corrected chi connectivity index (χ1v) is 4.27. The Morgan fingerprint density at radius 3 is 2.67 bits per heavy atom. The lowest BCUT2D eigenvalue weighted by Crippen LogP contribution is -2.32. The zero-order valence-electron chi connectivity index (χ0n) is 8.42. The fraction of sp³-hybridized carbons (Fsp3) is 0.500. The Morgan fingerprint density at radius 2 is 2.27 bits per heavy atom. The molecule has 0 fully saturated rings. The van der Waals surface area contributed by atoms with Gasteiger partial charge in [0, 0.05) is 7.05 Å². The van der Waals surface area contributed by atoms with E-state index in [-0.39, 0.29) is 11.4 Å². The van der Waals surface area contributed by atoms with Crippen molar-refractivity contribution in [2.45, 2.75) is 13.3 Å². The molecule has 1 rings (SSSR count). The molecule has 5 nitrogen and oxygen atoms in total. The molecule has 0 spiro atoms. The van der Waals surface area contributed by atoms with E-state index in [1.165, 1.54) is 7.05 Å². The predicted octanol–water partition coefficient (Wildman–Crippen LogP) is 0.637. The van der Waals surface area contributed by atoms with E-state index in [4.69, 9.17) is 5.73 Å². The minimum absolute atomic E-state index is 0.0179. The highest BCUT2D eigenvalue weighted by atomic mass is 19.3. The van der Waals surface area contributed by atoms with Gasteiger partial charge in [0.15, 0.2) is 5.69 Å². The average Bonchev–Trinajstić information content (AvgIpc) is 2.45. The van der Waals surface area contributed by atoms with Gasteiger partial charge in [-0.2, -0.15) is 5.10 Å². The van der Waals surface area contributed by atoms with Crippen LogP contribution in [0.1, 0.15) is 16.2 Å². The number of nitrogens with one attached hydrogen (secondary N) is 1. The van der Waals surface area contributed by atoms with Gasteiger partial charge in [0.2, 0.25) is 0 Å². The number of H-pyrrole nitrogens is 1. The third-order valence-electron chi connectivity index (χ3n) is 1.96. The Morgan fingerprint density at radius 1 is 1.67 bits per heavy atom. The van der Waals surface area contributed by atoms with Crippen molar-refractivity contribution in [1.29, 1.82) is 0 Å². The van der Waals surface area contributed by atoms with Gasteiger partial charge < -0.3 is 10.6 Å². The van der Waals surface area contributed by atoms with E-state index in [0.29, 0.717) is 5.69 Å². The third-order valence-corrected chi connectivity index (χ3v) is 1.96. The molecule has 0 aliphatic heterocycles. The van der Waals surface area contributed by atoms with Gasteiger partial charge in [0.1, 0.15) is 0 Å². The van der Waals surface area contributed by atoms with Gasteiger partial charge in [-0.1, -0.05) is 0 Å². The van der Waals surface area contributed by atoms with E-state index < -0.39 is 18.9 Å². The van der Waals surface area contributed by atoms with Crippen molar-refractivity contribution >= 4 is 11.6 Å². The number of alkyl halides is 2. The van der Waals surface area contributed by atoms with E-state index in [2.05, 4.69) is 10.2 Å². The molecule has 1 aromatic heterocycles. The van der Waals surface area contributed by atoms with Gasteiger partial charge in [0.05, 0.1) is 17.9 Å². The Kier molecular flexibility index (Phi) is 3.23. The lowest BCUT2D eigenvalue weighted by molar-refractivity contribution is 0.0616. The number of nitrogens with zero attached hydrogens (tertiary/aromatic N) is 2. The molecule has 0 saturated carbocycles. The lowest BCUT2D eigenvalue weighted by atomic mass is 10.3. The molecule has 0 bridgehead atoms. The number of halogens is 2. The summed E-state index contributed by atoms with van der Waals surface area (Å²) in [6.45, 7) is 1.01. The van der Waals surface area contributed by atoms with Crippen molar-refractivity contribution in [1.82, 2.24) is 15.1 Å². The Labute approximate surface area is 85.2 Å². The van der Waals surface area contributed by atoms with Crippen LogP contribution in [0.3, 0.4) is 0 Å². The van der Waals surface area contributed by atoms with Gasteiger partial charge >= 0.3 is 0 Å².